The van der Waals surface area contributed by atoms with Crippen molar-refractivity contribution >= 4 is 28.5 Å². The van der Waals surface area contributed by atoms with Crippen LogP contribution in [0.3, 0.4) is 0 Å². The minimum Gasteiger partial charge on any atom is -0.435 e. The number of ether oxygens (including phenoxy) is 2. The van der Waals surface area contributed by atoms with Crippen molar-refractivity contribution in [2.45, 2.75) is 19.5 Å². The second-order valence-corrected chi connectivity index (χ2v) is 6.71. The molecule has 11 heteroatoms. The summed E-state index contributed by atoms with van der Waals surface area (Å²) >= 11 is 0.973. The van der Waals surface area contributed by atoms with Crippen molar-refractivity contribution in [1.29, 1.82) is 0 Å². The number of anilines is 1. The molecule has 0 aliphatic carbocycles. The predicted molar refractivity (Wildman–Crippen MR) is 97.2 cm³/mol. The third-order valence-corrected chi connectivity index (χ3v) is 4.56. The number of carbonyl (C=O) groups is 2. The maximum Gasteiger partial charge on any atom is 0.387 e. The Morgan fingerprint density at radius 3 is 2.57 bits per heavy atom. The summed E-state index contributed by atoms with van der Waals surface area (Å²) in [5.74, 6) is -0.197. The summed E-state index contributed by atoms with van der Waals surface area (Å²) in [5, 5.41) is 2.81. The number of hydrogen-bond donors (Lipinski definition) is 1. The molecular formula is C17H18F2N4O4S. The molecule has 3 rings (SSSR count). The van der Waals surface area contributed by atoms with E-state index in [4.69, 9.17) is 4.74 Å². The highest BCUT2D eigenvalue weighted by molar-refractivity contribution is 7.10. The summed E-state index contributed by atoms with van der Waals surface area (Å²) in [6.07, 6.45) is 1.99. The fourth-order valence-corrected chi connectivity index (χ4v) is 3.23. The third kappa shape index (κ3) is 5.67. The van der Waals surface area contributed by atoms with Crippen molar-refractivity contribution in [3.63, 3.8) is 0 Å². The van der Waals surface area contributed by atoms with Crippen LogP contribution in [0.4, 0.5) is 13.9 Å². The second-order valence-electron chi connectivity index (χ2n) is 5.95. The average Bonchev–Trinajstić information content (AvgIpc) is 3.34. The lowest BCUT2D eigenvalue weighted by molar-refractivity contribution is -0.136. The van der Waals surface area contributed by atoms with Crippen LogP contribution in [0, 0.1) is 0 Å². The van der Waals surface area contributed by atoms with Crippen LogP contribution in [0.5, 0.6) is 5.75 Å². The van der Waals surface area contributed by atoms with Crippen LogP contribution >= 0.6 is 11.5 Å². The molecule has 0 atom stereocenters. The quantitative estimate of drug-likeness (QED) is 0.716. The molecule has 1 aliphatic heterocycles. The molecule has 1 N–H and O–H groups in total. The lowest BCUT2D eigenvalue weighted by Crippen LogP contribution is -2.32. The maximum absolute atomic E-state index is 12.2. The molecule has 28 heavy (non-hydrogen) atoms. The molecule has 2 amide bonds. The Balaban J connectivity index is 1.45. The van der Waals surface area contributed by atoms with Crippen LogP contribution in [-0.4, -0.2) is 59.0 Å². The van der Waals surface area contributed by atoms with Crippen LogP contribution in [0.25, 0.3) is 11.4 Å². The minimum absolute atomic E-state index is 0.0307. The van der Waals surface area contributed by atoms with Gasteiger partial charge in [0, 0.05) is 30.2 Å². The van der Waals surface area contributed by atoms with E-state index in [2.05, 4.69) is 19.4 Å². The Hall–Kier alpha value is -2.66. The Morgan fingerprint density at radius 1 is 1.18 bits per heavy atom. The Kier molecular flexibility index (Phi) is 6.82. The molecule has 2 aromatic rings. The molecule has 0 unspecified atom stereocenters. The van der Waals surface area contributed by atoms with E-state index in [9.17, 15) is 18.4 Å². The molecule has 1 aromatic heterocycles. The van der Waals surface area contributed by atoms with E-state index in [-0.39, 0.29) is 30.0 Å². The number of amides is 2. The van der Waals surface area contributed by atoms with E-state index in [0.717, 1.165) is 37.5 Å². The Morgan fingerprint density at radius 2 is 1.89 bits per heavy atom. The van der Waals surface area contributed by atoms with Gasteiger partial charge in [-0.3, -0.25) is 14.9 Å². The minimum atomic E-state index is -2.89. The molecule has 0 radical (unpaired) electrons. The van der Waals surface area contributed by atoms with Crippen molar-refractivity contribution < 1.29 is 27.8 Å². The van der Waals surface area contributed by atoms with Crippen LogP contribution in [-0.2, 0) is 14.3 Å². The van der Waals surface area contributed by atoms with Gasteiger partial charge in [-0.15, -0.1) is 0 Å². The molecule has 0 bridgehead atoms. The topological polar surface area (TPSA) is 93.7 Å². The average molecular weight is 412 g/mol. The Labute approximate surface area is 163 Å². The third-order valence-electron chi connectivity index (χ3n) is 3.93. The highest BCUT2D eigenvalue weighted by Crippen LogP contribution is 2.24. The first-order chi connectivity index (χ1) is 13.5. The van der Waals surface area contributed by atoms with Crippen molar-refractivity contribution in [3.05, 3.63) is 24.3 Å². The van der Waals surface area contributed by atoms with Gasteiger partial charge in [0.05, 0.1) is 0 Å². The summed E-state index contributed by atoms with van der Waals surface area (Å²) in [6, 6.07) is 5.84. The number of hydrogen-bond acceptors (Lipinski definition) is 7. The predicted octanol–water partition coefficient (Wildman–Crippen LogP) is 2.38. The molecule has 1 saturated heterocycles. The van der Waals surface area contributed by atoms with Gasteiger partial charge in [0.15, 0.2) is 5.82 Å². The first-order valence-corrected chi connectivity index (χ1v) is 9.33. The monoisotopic (exact) mass is 412 g/mol. The van der Waals surface area contributed by atoms with E-state index in [1.807, 2.05) is 0 Å². The molecule has 1 aromatic carbocycles. The van der Waals surface area contributed by atoms with Gasteiger partial charge in [-0.25, -0.2) is 0 Å². The van der Waals surface area contributed by atoms with Crippen LogP contribution in [0.15, 0.2) is 24.3 Å². The van der Waals surface area contributed by atoms with Gasteiger partial charge >= 0.3 is 6.61 Å². The largest absolute Gasteiger partial charge is 0.435 e. The number of alkyl halides is 2. The molecule has 1 aliphatic rings. The van der Waals surface area contributed by atoms with Gasteiger partial charge < -0.3 is 14.4 Å². The maximum atomic E-state index is 12.2. The fourth-order valence-electron chi connectivity index (χ4n) is 2.62. The van der Waals surface area contributed by atoms with E-state index >= 15 is 0 Å². The fraction of sp³-hybridized carbons (Fsp3) is 0.412. The Bertz CT molecular complexity index is 810. The lowest BCUT2D eigenvalue weighted by Gasteiger charge is -2.14. The van der Waals surface area contributed by atoms with Gasteiger partial charge in [0.1, 0.15) is 19.0 Å². The standard InChI is InChI=1S/C17H18F2N4O4S/c18-16(19)27-12-5-3-11(4-6-12)15-21-17(28-22-15)20-13(24)9-26-10-14(25)23-7-1-2-8-23/h3-6,16H,1-2,7-10H2,(H,20,21,22,24). The highest BCUT2D eigenvalue weighted by atomic mass is 32.1. The van der Waals surface area contributed by atoms with E-state index in [1.54, 1.807) is 17.0 Å². The van der Waals surface area contributed by atoms with Crippen molar-refractivity contribution in [1.82, 2.24) is 14.3 Å². The molecule has 150 valence electrons. The molecule has 1 fully saturated rings. The number of likely N-dealkylation sites (tertiary alicyclic amines) is 1. The number of nitrogens with zero attached hydrogens (tertiary/aromatic N) is 3. The number of rotatable bonds is 8. The van der Waals surface area contributed by atoms with Gasteiger partial charge in [0.25, 0.3) is 5.91 Å². The van der Waals surface area contributed by atoms with E-state index in [0.29, 0.717) is 11.4 Å². The molecule has 2 heterocycles. The molecule has 0 saturated carbocycles. The number of benzene rings is 1. The summed E-state index contributed by atoms with van der Waals surface area (Å²) in [5.41, 5.74) is 0.589. The van der Waals surface area contributed by atoms with Gasteiger partial charge in [-0.05, 0) is 37.1 Å². The molecule has 0 spiro atoms. The summed E-state index contributed by atoms with van der Waals surface area (Å²) in [6.45, 7) is -1.83. The first-order valence-electron chi connectivity index (χ1n) is 8.55. The zero-order chi connectivity index (χ0) is 19.9. The summed E-state index contributed by atoms with van der Waals surface area (Å²) < 4.78 is 37.9. The lowest BCUT2D eigenvalue weighted by atomic mass is 10.2. The first kappa shape index (κ1) is 20.1. The number of halogens is 2. The SMILES string of the molecule is O=C(COCC(=O)N1CCCC1)Nc1nc(-c2ccc(OC(F)F)cc2)ns1. The summed E-state index contributed by atoms with van der Waals surface area (Å²) in [4.78, 5) is 29.6. The van der Waals surface area contributed by atoms with Crippen LogP contribution in [0.1, 0.15) is 12.8 Å². The molecule has 8 nitrogen and oxygen atoms in total. The second kappa shape index (κ2) is 9.51. The van der Waals surface area contributed by atoms with Gasteiger partial charge in [-0.2, -0.15) is 18.1 Å². The van der Waals surface area contributed by atoms with Crippen molar-refractivity contribution in [3.8, 4) is 17.1 Å². The number of aromatic nitrogens is 2. The van der Waals surface area contributed by atoms with E-state index < -0.39 is 12.5 Å². The summed E-state index contributed by atoms with van der Waals surface area (Å²) in [7, 11) is 0. The van der Waals surface area contributed by atoms with Crippen LogP contribution < -0.4 is 10.1 Å². The highest BCUT2D eigenvalue weighted by Gasteiger charge is 2.18. The van der Waals surface area contributed by atoms with Crippen LogP contribution in [0.2, 0.25) is 0 Å². The smallest absolute Gasteiger partial charge is 0.387 e. The normalized spacial score (nSPS) is 13.8. The number of carbonyl (C=O) groups excluding carboxylic acids is 2. The van der Waals surface area contributed by atoms with Crippen molar-refractivity contribution in [2.75, 3.05) is 31.6 Å². The zero-order valence-electron chi connectivity index (χ0n) is 14.8. The number of nitrogens with one attached hydrogen (secondary N) is 1. The van der Waals surface area contributed by atoms with E-state index in [1.165, 1.54) is 12.1 Å². The van der Waals surface area contributed by atoms with Crippen molar-refractivity contribution in [2.24, 2.45) is 0 Å². The van der Waals surface area contributed by atoms with Gasteiger partial charge in [-0.1, -0.05) is 0 Å². The van der Waals surface area contributed by atoms with Gasteiger partial charge in [0.2, 0.25) is 11.0 Å². The molecular weight excluding hydrogens is 394 g/mol. The zero-order valence-corrected chi connectivity index (χ0v) is 15.6.